The van der Waals surface area contributed by atoms with Crippen LogP contribution in [0.4, 0.5) is 24.9 Å². The Kier molecular flexibility index (Phi) is 6.20. The second-order valence-electron chi connectivity index (χ2n) is 9.81. The van der Waals surface area contributed by atoms with E-state index in [-0.39, 0.29) is 28.8 Å². The third kappa shape index (κ3) is 4.79. The molecule has 3 fully saturated rings. The molecule has 2 atom stereocenters. The first kappa shape index (κ1) is 25.3. The molecule has 0 bridgehead atoms. The van der Waals surface area contributed by atoms with Crippen molar-refractivity contribution in [2.45, 2.75) is 24.4 Å². The van der Waals surface area contributed by atoms with Gasteiger partial charge in [0.15, 0.2) is 15.5 Å². The molecule has 15 heteroatoms. The van der Waals surface area contributed by atoms with Crippen LogP contribution >= 0.6 is 0 Å². The molecule has 6 rings (SSSR count). The van der Waals surface area contributed by atoms with E-state index in [0.29, 0.717) is 43.5 Å². The number of alkyl halides is 3. The Labute approximate surface area is 216 Å². The number of hydrogen-bond acceptors (Lipinski definition) is 10. The Bertz CT molecular complexity index is 1450. The molecule has 3 aliphatic heterocycles. The number of aromatic nitrogens is 4. The summed E-state index contributed by atoms with van der Waals surface area (Å²) in [5, 5.41) is 18.1. The van der Waals surface area contributed by atoms with Crippen molar-refractivity contribution in [3.63, 3.8) is 0 Å². The summed E-state index contributed by atoms with van der Waals surface area (Å²) in [7, 11) is -3.42. The molecule has 1 aromatic carbocycles. The van der Waals surface area contributed by atoms with E-state index >= 15 is 0 Å². The van der Waals surface area contributed by atoms with Crippen molar-refractivity contribution < 1.29 is 31.4 Å². The Balaban J connectivity index is 1.37. The number of rotatable bonds is 5. The van der Waals surface area contributed by atoms with Crippen LogP contribution in [-0.2, 0) is 20.8 Å². The highest BCUT2D eigenvalue weighted by Crippen LogP contribution is 2.34. The summed E-state index contributed by atoms with van der Waals surface area (Å²) in [6.07, 6.45) is -4.14. The van der Waals surface area contributed by atoms with Crippen LogP contribution < -0.4 is 10.2 Å². The molecule has 11 nitrogen and oxygen atoms in total. The number of halogens is 3. The van der Waals surface area contributed by atoms with Gasteiger partial charge in [0, 0.05) is 32.2 Å². The minimum Gasteiger partial charge on any atom is -0.390 e. The summed E-state index contributed by atoms with van der Waals surface area (Å²) in [5.74, 6) is -0.0385. The van der Waals surface area contributed by atoms with Crippen LogP contribution in [0.5, 0.6) is 0 Å². The van der Waals surface area contributed by atoms with E-state index in [4.69, 9.17) is 4.74 Å². The molecule has 0 spiro atoms. The average Bonchev–Trinajstić information content (AvgIpc) is 3.37. The first-order valence-corrected chi connectivity index (χ1v) is 14.0. The fraction of sp³-hybridized carbons (Fsp3) is 0.522. The smallest absolute Gasteiger partial charge is 0.390 e. The highest BCUT2D eigenvalue weighted by atomic mass is 32.2. The summed E-state index contributed by atoms with van der Waals surface area (Å²) >= 11 is 0. The van der Waals surface area contributed by atoms with Crippen molar-refractivity contribution in [1.82, 2.24) is 24.6 Å². The fourth-order valence-corrected chi connectivity index (χ4v) is 6.88. The predicted molar refractivity (Wildman–Crippen MR) is 132 cm³/mol. The quantitative estimate of drug-likeness (QED) is 0.471. The maximum absolute atomic E-state index is 13.4. The summed E-state index contributed by atoms with van der Waals surface area (Å²) < 4.78 is 70.9. The number of benzene rings is 1. The van der Waals surface area contributed by atoms with Crippen LogP contribution in [0.15, 0.2) is 30.5 Å². The monoisotopic (exact) mass is 553 g/mol. The number of ether oxygens (including phenoxy) is 1. The molecule has 0 unspecified atom stereocenters. The number of aliphatic hydroxyl groups is 1. The zero-order chi connectivity index (χ0) is 26.7. The number of nitrogens with zero attached hydrogens (tertiary/aromatic N) is 6. The average molecular weight is 554 g/mol. The van der Waals surface area contributed by atoms with Crippen molar-refractivity contribution in [1.29, 1.82) is 0 Å². The molecule has 0 amide bonds. The van der Waals surface area contributed by atoms with E-state index in [1.165, 1.54) is 23.0 Å². The van der Waals surface area contributed by atoms with Crippen LogP contribution in [0.25, 0.3) is 16.7 Å². The summed E-state index contributed by atoms with van der Waals surface area (Å²) in [6.45, 7) is 4.40. The van der Waals surface area contributed by atoms with Crippen molar-refractivity contribution in [3.8, 4) is 5.69 Å². The van der Waals surface area contributed by atoms with Gasteiger partial charge in [-0.05, 0) is 18.2 Å². The van der Waals surface area contributed by atoms with Crippen LogP contribution in [0, 0.1) is 0 Å². The van der Waals surface area contributed by atoms with E-state index < -0.39 is 33.7 Å². The standard InChI is InChI=1S/C23H26F3N7O4S/c24-23(25,26)14-2-1-3-15(8-14)33-21-17(9-27-33)20(32-10-16(11-32)31-4-6-37-7-5-31)29-22(30-21)28-18-12-38(35,36)13-19(18)34/h1-3,8-9,16,18-19,34H,4-7,10-13H2,(H,28,29,30)/t18-,19-/m1/s1. The molecular weight excluding hydrogens is 527 g/mol. The molecule has 5 heterocycles. The van der Waals surface area contributed by atoms with Gasteiger partial charge in [-0.1, -0.05) is 6.07 Å². The van der Waals surface area contributed by atoms with E-state index in [1.54, 1.807) is 0 Å². The lowest BCUT2D eigenvalue weighted by atomic mass is 10.1. The van der Waals surface area contributed by atoms with Gasteiger partial charge in [0.2, 0.25) is 5.95 Å². The van der Waals surface area contributed by atoms with Gasteiger partial charge >= 0.3 is 6.18 Å². The number of fused-ring (bicyclic) bond motifs is 1. The third-order valence-corrected chi connectivity index (χ3v) is 8.90. The van der Waals surface area contributed by atoms with E-state index in [0.717, 1.165) is 25.2 Å². The molecule has 3 aliphatic rings. The minimum atomic E-state index is -4.53. The molecule has 0 saturated carbocycles. The molecule has 2 N–H and O–H groups in total. The van der Waals surface area contributed by atoms with Crippen LogP contribution in [-0.4, -0.2) is 107 Å². The lowest BCUT2D eigenvalue weighted by molar-refractivity contribution is -0.137. The lowest BCUT2D eigenvalue weighted by Gasteiger charge is -2.47. The van der Waals surface area contributed by atoms with Gasteiger partial charge in [-0.3, -0.25) is 4.90 Å². The maximum Gasteiger partial charge on any atom is 0.416 e. The van der Waals surface area contributed by atoms with Crippen molar-refractivity contribution >= 4 is 32.6 Å². The van der Waals surface area contributed by atoms with Gasteiger partial charge in [0.25, 0.3) is 0 Å². The predicted octanol–water partition coefficient (Wildman–Crippen LogP) is 0.925. The van der Waals surface area contributed by atoms with Gasteiger partial charge in [0.05, 0.1) is 59.7 Å². The zero-order valence-electron chi connectivity index (χ0n) is 20.2. The van der Waals surface area contributed by atoms with E-state index in [1.807, 2.05) is 4.90 Å². The Morgan fingerprint density at radius 2 is 1.87 bits per heavy atom. The van der Waals surface area contributed by atoms with Gasteiger partial charge in [-0.15, -0.1) is 0 Å². The molecule has 0 radical (unpaired) electrons. The second-order valence-corrected chi connectivity index (χ2v) is 12.0. The number of morpholine rings is 1. The van der Waals surface area contributed by atoms with E-state index in [9.17, 15) is 26.7 Å². The highest BCUT2D eigenvalue weighted by Gasteiger charge is 2.38. The molecule has 204 valence electrons. The second kappa shape index (κ2) is 9.32. The maximum atomic E-state index is 13.4. The Hall–Kier alpha value is -3.01. The van der Waals surface area contributed by atoms with Gasteiger partial charge in [0.1, 0.15) is 5.82 Å². The summed E-state index contributed by atoms with van der Waals surface area (Å²) in [6, 6.07) is 4.27. The SMILES string of the molecule is O=S1(=O)C[C@@H](O)[C@H](Nc2nc(N3CC(N4CCOCC4)C3)c3cnn(-c4cccc(C(F)(F)F)c4)c3n2)C1. The highest BCUT2D eigenvalue weighted by molar-refractivity contribution is 7.91. The number of sulfone groups is 1. The molecule has 3 saturated heterocycles. The largest absolute Gasteiger partial charge is 0.416 e. The molecule has 3 aromatic rings. The summed E-state index contributed by atoms with van der Waals surface area (Å²) in [5.41, 5.74) is -0.382. The van der Waals surface area contributed by atoms with Crippen LogP contribution in [0.2, 0.25) is 0 Å². The van der Waals surface area contributed by atoms with Crippen LogP contribution in [0.3, 0.4) is 0 Å². The van der Waals surface area contributed by atoms with Gasteiger partial charge in [-0.2, -0.15) is 28.2 Å². The third-order valence-electron chi connectivity index (χ3n) is 7.19. The van der Waals surface area contributed by atoms with Gasteiger partial charge in [-0.25, -0.2) is 13.1 Å². The normalized spacial score (nSPS) is 24.6. The number of nitrogens with one attached hydrogen (secondary N) is 1. The Morgan fingerprint density at radius 1 is 1.11 bits per heavy atom. The van der Waals surface area contributed by atoms with Crippen molar-refractivity contribution in [2.24, 2.45) is 0 Å². The topological polar surface area (TPSA) is 126 Å². The summed E-state index contributed by atoms with van der Waals surface area (Å²) in [4.78, 5) is 13.5. The zero-order valence-corrected chi connectivity index (χ0v) is 21.0. The van der Waals surface area contributed by atoms with Gasteiger partial charge < -0.3 is 20.1 Å². The minimum absolute atomic E-state index is 0.0669. The van der Waals surface area contributed by atoms with Crippen molar-refractivity contribution in [2.75, 3.05) is 61.1 Å². The number of hydrogen-bond donors (Lipinski definition) is 2. The van der Waals surface area contributed by atoms with Crippen molar-refractivity contribution in [3.05, 3.63) is 36.0 Å². The first-order chi connectivity index (χ1) is 18.1. The number of aliphatic hydroxyl groups excluding tert-OH is 1. The lowest BCUT2D eigenvalue weighted by Crippen LogP contribution is -2.61. The molecular formula is C23H26F3N7O4S. The fourth-order valence-electron chi connectivity index (χ4n) is 5.14. The molecule has 38 heavy (non-hydrogen) atoms. The molecule has 0 aliphatic carbocycles. The Morgan fingerprint density at radius 3 is 2.55 bits per heavy atom. The van der Waals surface area contributed by atoms with E-state index in [2.05, 4.69) is 25.3 Å². The first-order valence-electron chi connectivity index (χ1n) is 12.2. The number of anilines is 2. The van der Waals surface area contributed by atoms with Crippen LogP contribution in [0.1, 0.15) is 5.56 Å². The molecule has 2 aromatic heterocycles.